The molecule has 0 amide bonds. The highest BCUT2D eigenvalue weighted by atomic mass is 32.2. The van der Waals surface area contributed by atoms with Crippen molar-refractivity contribution >= 4 is 21.8 Å². The Morgan fingerprint density at radius 3 is 2.86 bits per heavy atom. The van der Waals surface area contributed by atoms with Crippen molar-refractivity contribution in [1.29, 1.82) is 0 Å². The van der Waals surface area contributed by atoms with Crippen LogP contribution < -0.4 is 10.5 Å². The van der Waals surface area contributed by atoms with Gasteiger partial charge in [-0.1, -0.05) is 0 Å². The Morgan fingerprint density at radius 2 is 2.29 bits per heavy atom. The van der Waals surface area contributed by atoms with Gasteiger partial charge >= 0.3 is 0 Å². The van der Waals surface area contributed by atoms with Gasteiger partial charge in [0, 0.05) is 11.8 Å². The van der Waals surface area contributed by atoms with Crippen molar-refractivity contribution in [3.05, 3.63) is 0 Å². The Morgan fingerprint density at radius 1 is 1.50 bits per heavy atom. The molecule has 1 aliphatic heterocycles. The smallest absolute Gasteiger partial charge is 0.211 e. The zero-order valence-electron chi connectivity index (χ0n) is 8.24. The minimum Gasteiger partial charge on any atom is -0.330 e. The maximum Gasteiger partial charge on any atom is 0.211 e. The molecule has 0 saturated carbocycles. The summed E-state index contributed by atoms with van der Waals surface area (Å²) in [5.74, 6) is 2.22. The number of sulfonamides is 1. The predicted octanol–water partition coefficient (Wildman–Crippen LogP) is 0.150. The summed E-state index contributed by atoms with van der Waals surface area (Å²) in [6, 6.07) is 0.136. The molecule has 0 radical (unpaired) electrons. The molecule has 0 aromatic heterocycles. The number of hydrogen-bond donors (Lipinski definition) is 2. The highest BCUT2D eigenvalue weighted by molar-refractivity contribution is 7.99. The van der Waals surface area contributed by atoms with E-state index in [0.717, 1.165) is 24.3 Å². The molecule has 4 nitrogen and oxygen atoms in total. The van der Waals surface area contributed by atoms with Gasteiger partial charge in [0.05, 0.1) is 5.75 Å². The van der Waals surface area contributed by atoms with E-state index in [1.807, 2.05) is 11.8 Å². The van der Waals surface area contributed by atoms with Crippen LogP contribution in [0.15, 0.2) is 0 Å². The highest BCUT2D eigenvalue weighted by Gasteiger charge is 2.19. The van der Waals surface area contributed by atoms with Gasteiger partial charge in [-0.15, -0.1) is 0 Å². The summed E-state index contributed by atoms with van der Waals surface area (Å²) < 4.78 is 25.7. The van der Waals surface area contributed by atoms with Gasteiger partial charge in [0.1, 0.15) is 0 Å². The maximum absolute atomic E-state index is 11.5. The van der Waals surface area contributed by atoms with Crippen LogP contribution in [0.4, 0.5) is 0 Å². The Hall–Kier alpha value is 0.220. The molecule has 1 fully saturated rings. The van der Waals surface area contributed by atoms with Crippen molar-refractivity contribution in [1.82, 2.24) is 4.72 Å². The van der Waals surface area contributed by atoms with Crippen LogP contribution in [0.2, 0.25) is 0 Å². The van der Waals surface area contributed by atoms with Crippen LogP contribution >= 0.6 is 11.8 Å². The summed E-state index contributed by atoms with van der Waals surface area (Å²) in [5, 5.41) is 0. The molecule has 1 saturated heterocycles. The summed E-state index contributed by atoms with van der Waals surface area (Å²) in [5.41, 5.74) is 5.27. The van der Waals surface area contributed by atoms with Gasteiger partial charge < -0.3 is 5.73 Å². The number of hydrogen-bond acceptors (Lipinski definition) is 4. The summed E-state index contributed by atoms with van der Waals surface area (Å²) in [4.78, 5) is 0. The highest BCUT2D eigenvalue weighted by Crippen LogP contribution is 2.17. The van der Waals surface area contributed by atoms with Gasteiger partial charge in [0.25, 0.3) is 0 Å². The molecule has 1 aliphatic rings. The van der Waals surface area contributed by atoms with E-state index in [-0.39, 0.29) is 11.8 Å². The van der Waals surface area contributed by atoms with Crippen molar-refractivity contribution in [3.8, 4) is 0 Å². The third-order valence-electron chi connectivity index (χ3n) is 2.12. The first kappa shape index (κ1) is 12.3. The first-order valence-corrected chi connectivity index (χ1v) is 7.72. The van der Waals surface area contributed by atoms with Crippen molar-refractivity contribution in [2.75, 3.05) is 23.8 Å². The van der Waals surface area contributed by atoms with E-state index in [1.54, 1.807) is 0 Å². The summed E-state index contributed by atoms with van der Waals surface area (Å²) in [7, 11) is -3.09. The zero-order valence-corrected chi connectivity index (χ0v) is 9.87. The fourth-order valence-electron chi connectivity index (χ4n) is 1.42. The van der Waals surface area contributed by atoms with Crippen LogP contribution in [0, 0.1) is 0 Å². The molecule has 84 valence electrons. The van der Waals surface area contributed by atoms with E-state index in [2.05, 4.69) is 4.72 Å². The molecule has 14 heavy (non-hydrogen) atoms. The summed E-state index contributed by atoms with van der Waals surface area (Å²) in [6.45, 7) is 0.431. The van der Waals surface area contributed by atoms with Crippen LogP contribution in [0.3, 0.4) is 0 Å². The topological polar surface area (TPSA) is 72.2 Å². The van der Waals surface area contributed by atoms with E-state index in [9.17, 15) is 8.42 Å². The largest absolute Gasteiger partial charge is 0.330 e. The zero-order chi connectivity index (χ0) is 10.4. The van der Waals surface area contributed by atoms with Crippen molar-refractivity contribution in [2.24, 2.45) is 5.73 Å². The summed E-state index contributed by atoms with van der Waals surface area (Å²) in [6.07, 6.45) is 2.61. The van der Waals surface area contributed by atoms with Gasteiger partial charge in [-0.05, 0) is 31.6 Å². The number of nitrogens with one attached hydrogen (secondary N) is 1. The average molecular weight is 238 g/mol. The number of thioether (sulfide) groups is 1. The molecular formula is C8H18N2O2S2. The lowest BCUT2D eigenvalue weighted by Gasteiger charge is -2.22. The lowest BCUT2D eigenvalue weighted by atomic mass is 10.2. The normalized spacial score (nSPS) is 23.6. The molecule has 1 rings (SSSR count). The minimum absolute atomic E-state index is 0.136. The van der Waals surface area contributed by atoms with E-state index >= 15 is 0 Å². The fraction of sp³-hybridized carbons (Fsp3) is 1.00. The Bertz CT molecular complexity index is 248. The predicted molar refractivity (Wildman–Crippen MR) is 60.9 cm³/mol. The molecule has 3 N–H and O–H groups in total. The SMILES string of the molecule is NCCCS(=O)(=O)NC1CCCSC1. The van der Waals surface area contributed by atoms with E-state index in [1.165, 1.54) is 0 Å². The Labute approximate surface area is 90.1 Å². The Balaban J connectivity index is 2.33. The molecule has 1 unspecified atom stereocenters. The standard InChI is InChI=1S/C8H18N2O2S2/c9-4-2-6-14(11,12)10-8-3-1-5-13-7-8/h8,10H,1-7,9H2. The molecule has 0 bridgehead atoms. The van der Waals surface area contributed by atoms with E-state index in [0.29, 0.717) is 13.0 Å². The minimum atomic E-state index is -3.09. The molecular weight excluding hydrogens is 220 g/mol. The molecule has 1 atom stereocenters. The van der Waals surface area contributed by atoms with Gasteiger partial charge in [0.2, 0.25) is 10.0 Å². The number of rotatable bonds is 5. The quantitative estimate of drug-likeness (QED) is 0.715. The van der Waals surface area contributed by atoms with Crippen LogP contribution in [-0.2, 0) is 10.0 Å². The second kappa shape index (κ2) is 5.95. The molecule has 0 aliphatic carbocycles. The van der Waals surface area contributed by atoms with Gasteiger partial charge in [-0.2, -0.15) is 11.8 Å². The molecule has 0 aromatic rings. The van der Waals surface area contributed by atoms with Crippen molar-refractivity contribution < 1.29 is 8.42 Å². The molecule has 0 spiro atoms. The lowest BCUT2D eigenvalue weighted by molar-refractivity contribution is 0.541. The third-order valence-corrected chi connectivity index (χ3v) is 4.86. The van der Waals surface area contributed by atoms with E-state index < -0.39 is 10.0 Å². The van der Waals surface area contributed by atoms with Gasteiger partial charge in [-0.25, -0.2) is 13.1 Å². The second-order valence-corrected chi connectivity index (χ2v) is 6.52. The number of nitrogens with two attached hydrogens (primary N) is 1. The molecule has 0 aromatic carbocycles. The van der Waals surface area contributed by atoms with Crippen LogP contribution in [0.5, 0.6) is 0 Å². The van der Waals surface area contributed by atoms with Gasteiger partial charge in [-0.3, -0.25) is 0 Å². The van der Waals surface area contributed by atoms with Crippen molar-refractivity contribution in [2.45, 2.75) is 25.3 Å². The van der Waals surface area contributed by atoms with Crippen molar-refractivity contribution in [3.63, 3.8) is 0 Å². The first-order valence-electron chi connectivity index (χ1n) is 4.92. The molecule has 1 heterocycles. The first-order chi connectivity index (χ1) is 6.64. The Kier molecular flexibility index (Phi) is 5.22. The molecule has 6 heteroatoms. The van der Waals surface area contributed by atoms with Crippen LogP contribution in [-0.4, -0.2) is 38.3 Å². The van der Waals surface area contributed by atoms with Gasteiger partial charge in [0.15, 0.2) is 0 Å². The summed E-state index contributed by atoms with van der Waals surface area (Å²) >= 11 is 1.82. The van der Waals surface area contributed by atoms with Crippen LogP contribution in [0.1, 0.15) is 19.3 Å². The average Bonchev–Trinajstić information content (AvgIpc) is 2.16. The monoisotopic (exact) mass is 238 g/mol. The lowest BCUT2D eigenvalue weighted by Crippen LogP contribution is -2.39. The maximum atomic E-state index is 11.5. The third kappa shape index (κ3) is 4.63. The fourth-order valence-corrected chi connectivity index (χ4v) is 3.97. The van der Waals surface area contributed by atoms with Crippen LogP contribution in [0.25, 0.3) is 0 Å². The van der Waals surface area contributed by atoms with E-state index in [4.69, 9.17) is 5.73 Å². The second-order valence-electron chi connectivity index (χ2n) is 3.49.